The zero-order valence-corrected chi connectivity index (χ0v) is 16.5. The number of ether oxygens (including phenoxy) is 2. The van der Waals surface area contributed by atoms with Crippen molar-refractivity contribution in [1.82, 2.24) is 10.3 Å². The Morgan fingerprint density at radius 1 is 1.00 bits per heavy atom. The fourth-order valence-electron chi connectivity index (χ4n) is 2.61. The summed E-state index contributed by atoms with van der Waals surface area (Å²) in [5.74, 6) is 1.91. The van der Waals surface area contributed by atoms with Gasteiger partial charge in [-0.05, 0) is 48.8 Å². The van der Waals surface area contributed by atoms with E-state index in [1.165, 1.54) is 5.56 Å². The minimum absolute atomic E-state index is 0.501. The van der Waals surface area contributed by atoms with E-state index in [4.69, 9.17) is 21.7 Å². The van der Waals surface area contributed by atoms with Gasteiger partial charge in [0.15, 0.2) is 5.11 Å². The molecule has 0 saturated carbocycles. The largest absolute Gasteiger partial charge is 0.497 e. The minimum atomic E-state index is 0.501. The molecule has 3 aromatic rings. The zero-order valence-electron chi connectivity index (χ0n) is 15.7. The first-order valence-corrected chi connectivity index (χ1v) is 9.50. The summed E-state index contributed by atoms with van der Waals surface area (Å²) in [6.45, 7) is 0.811. The number of rotatable bonds is 8. The Morgan fingerprint density at radius 2 is 1.82 bits per heavy atom. The number of hydrogen-bond acceptors (Lipinski definition) is 4. The van der Waals surface area contributed by atoms with Crippen molar-refractivity contribution in [3.63, 3.8) is 0 Å². The Bertz CT molecular complexity index is 886. The van der Waals surface area contributed by atoms with Crippen LogP contribution in [0.2, 0.25) is 0 Å². The predicted octanol–water partition coefficient (Wildman–Crippen LogP) is 4.80. The minimum Gasteiger partial charge on any atom is -0.497 e. The van der Waals surface area contributed by atoms with Crippen LogP contribution in [-0.4, -0.2) is 23.8 Å². The number of aromatic nitrogens is 1. The summed E-state index contributed by atoms with van der Waals surface area (Å²) in [6, 6.07) is 21.5. The van der Waals surface area contributed by atoms with Crippen molar-refractivity contribution in [3.05, 3.63) is 78.5 Å². The Kier molecular flexibility index (Phi) is 7.21. The number of benzene rings is 2. The van der Waals surface area contributed by atoms with Crippen LogP contribution in [0, 0.1) is 0 Å². The third kappa shape index (κ3) is 6.25. The molecule has 2 aromatic carbocycles. The Labute approximate surface area is 170 Å². The SMILES string of the molecule is COc1cccc(Oc2ccc(NC(=S)NCCCc3ccccc3)cn2)c1. The first-order chi connectivity index (χ1) is 13.7. The molecule has 0 radical (unpaired) electrons. The third-order valence-electron chi connectivity index (χ3n) is 4.03. The molecule has 0 fully saturated rings. The summed E-state index contributed by atoms with van der Waals surface area (Å²) in [5.41, 5.74) is 2.14. The highest BCUT2D eigenvalue weighted by Crippen LogP contribution is 2.24. The van der Waals surface area contributed by atoms with E-state index in [-0.39, 0.29) is 0 Å². The number of anilines is 1. The van der Waals surface area contributed by atoms with Gasteiger partial charge in [-0.3, -0.25) is 0 Å². The monoisotopic (exact) mass is 393 g/mol. The number of nitrogens with one attached hydrogen (secondary N) is 2. The van der Waals surface area contributed by atoms with Gasteiger partial charge >= 0.3 is 0 Å². The summed E-state index contributed by atoms with van der Waals surface area (Å²) in [5, 5.41) is 6.93. The number of hydrogen-bond donors (Lipinski definition) is 2. The molecule has 0 atom stereocenters. The van der Waals surface area contributed by atoms with Gasteiger partial charge in [-0.2, -0.15) is 0 Å². The number of thiocarbonyl (C=S) groups is 1. The molecule has 1 heterocycles. The molecule has 2 N–H and O–H groups in total. The number of nitrogens with zero attached hydrogens (tertiary/aromatic N) is 1. The fourth-order valence-corrected chi connectivity index (χ4v) is 2.83. The molecule has 0 aliphatic carbocycles. The van der Waals surface area contributed by atoms with Gasteiger partial charge < -0.3 is 20.1 Å². The van der Waals surface area contributed by atoms with E-state index in [0.717, 1.165) is 30.8 Å². The van der Waals surface area contributed by atoms with Gasteiger partial charge in [0, 0.05) is 18.7 Å². The van der Waals surface area contributed by atoms with Gasteiger partial charge in [-0.1, -0.05) is 36.4 Å². The second kappa shape index (κ2) is 10.3. The number of methoxy groups -OCH3 is 1. The normalized spacial score (nSPS) is 10.2. The van der Waals surface area contributed by atoms with E-state index < -0.39 is 0 Å². The average molecular weight is 394 g/mol. The van der Waals surface area contributed by atoms with Gasteiger partial charge in [-0.15, -0.1) is 0 Å². The quantitative estimate of drug-likeness (QED) is 0.423. The molecule has 0 unspecified atom stereocenters. The highest BCUT2D eigenvalue weighted by molar-refractivity contribution is 7.80. The molecule has 1 aromatic heterocycles. The van der Waals surface area contributed by atoms with Crippen LogP contribution in [-0.2, 0) is 6.42 Å². The van der Waals surface area contributed by atoms with Crippen LogP contribution in [0.15, 0.2) is 72.9 Å². The van der Waals surface area contributed by atoms with Crippen molar-refractivity contribution < 1.29 is 9.47 Å². The first-order valence-electron chi connectivity index (χ1n) is 9.10. The van der Waals surface area contributed by atoms with E-state index in [1.807, 2.05) is 36.4 Å². The molecule has 0 spiro atoms. The van der Waals surface area contributed by atoms with E-state index in [1.54, 1.807) is 19.4 Å². The van der Waals surface area contributed by atoms with Crippen molar-refractivity contribution >= 4 is 23.0 Å². The molecule has 0 amide bonds. The van der Waals surface area contributed by atoms with E-state index in [0.29, 0.717) is 16.7 Å². The molecule has 3 rings (SSSR count). The maximum Gasteiger partial charge on any atom is 0.219 e. The van der Waals surface area contributed by atoms with Crippen LogP contribution in [0.25, 0.3) is 0 Å². The smallest absolute Gasteiger partial charge is 0.219 e. The van der Waals surface area contributed by atoms with Crippen LogP contribution in [0.5, 0.6) is 17.4 Å². The van der Waals surface area contributed by atoms with Crippen LogP contribution < -0.4 is 20.1 Å². The molecular weight excluding hydrogens is 370 g/mol. The number of pyridine rings is 1. The summed E-state index contributed by atoms with van der Waals surface area (Å²) in [7, 11) is 1.62. The Morgan fingerprint density at radius 3 is 2.57 bits per heavy atom. The van der Waals surface area contributed by atoms with Gasteiger partial charge in [0.1, 0.15) is 11.5 Å². The molecule has 0 saturated heterocycles. The average Bonchev–Trinajstić information content (AvgIpc) is 2.73. The zero-order chi connectivity index (χ0) is 19.6. The van der Waals surface area contributed by atoms with Crippen molar-refractivity contribution in [1.29, 1.82) is 0 Å². The maximum atomic E-state index is 5.73. The van der Waals surface area contributed by atoms with E-state index in [9.17, 15) is 0 Å². The van der Waals surface area contributed by atoms with Crippen LogP contribution in [0.4, 0.5) is 5.69 Å². The molecule has 5 nitrogen and oxygen atoms in total. The van der Waals surface area contributed by atoms with Crippen molar-refractivity contribution in [2.75, 3.05) is 19.0 Å². The summed E-state index contributed by atoms with van der Waals surface area (Å²) >= 11 is 5.34. The molecule has 0 bridgehead atoms. The highest BCUT2D eigenvalue weighted by Gasteiger charge is 2.02. The van der Waals surface area contributed by atoms with Gasteiger partial charge in [0.05, 0.1) is 19.0 Å². The lowest BCUT2D eigenvalue weighted by Gasteiger charge is -2.11. The molecule has 144 valence electrons. The Hall–Kier alpha value is -3.12. The van der Waals surface area contributed by atoms with Crippen LogP contribution in [0.1, 0.15) is 12.0 Å². The van der Waals surface area contributed by atoms with Crippen molar-refractivity contribution in [2.24, 2.45) is 0 Å². The predicted molar refractivity (Wildman–Crippen MR) is 116 cm³/mol. The third-order valence-corrected chi connectivity index (χ3v) is 4.27. The molecule has 6 heteroatoms. The van der Waals surface area contributed by atoms with Crippen LogP contribution in [0.3, 0.4) is 0 Å². The lowest BCUT2D eigenvalue weighted by molar-refractivity contribution is 0.407. The second-order valence-corrected chi connectivity index (χ2v) is 6.54. The lowest BCUT2D eigenvalue weighted by Crippen LogP contribution is -2.29. The topological polar surface area (TPSA) is 55.4 Å². The van der Waals surface area contributed by atoms with Gasteiger partial charge in [-0.25, -0.2) is 4.98 Å². The highest BCUT2D eigenvalue weighted by atomic mass is 32.1. The fraction of sp³-hybridized carbons (Fsp3) is 0.182. The Balaban J connectivity index is 1.42. The second-order valence-electron chi connectivity index (χ2n) is 6.14. The summed E-state index contributed by atoms with van der Waals surface area (Å²) < 4.78 is 10.9. The van der Waals surface area contributed by atoms with Gasteiger partial charge in [0.2, 0.25) is 5.88 Å². The number of aryl methyl sites for hydroxylation is 1. The molecule has 28 heavy (non-hydrogen) atoms. The van der Waals surface area contributed by atoms with E-state index in [2.05, 4.69) is 39.9 Å². The molecule has 0 aliphatic rings. The maximum absolute atomic E-state index is 5.73. The molecule has 0 aliphatic heterocycles. The van der Waals surface area contributed by atoms with Crippen LogP contribution >= 0.6 is 12.2 Å². The summed E-state index contributed by atoms with van der Waals surface area (Å²) in [6.07, 6.45) is 3.72. The summed E-state index contributed by atoms with van der Waals surface area (Å²) in [4.78, 5) is 4.31. The first kappa shape index (κ1) is 19.6. The van der Waals surface area contributed by atoms with Gasteiger partial charge in [0.25, 0.3) is 0 Å². The molecular formula is C22H23N3O2S. The van der Waals surface area contributed by atoms with Crippen molar-refractivity contribution in [3.8, 4) is 17.4 Å². The van der Waals surface area contributed by atoms with Crippen molar-refractivity contribution in [2.45, 2.75) is 12.8 Å². The lowest BCUT2D eigenvalue weighted by atomic mass is 10.1. The van der Waals surface area contributed by atoms with E-state index >= 15 is 0 Å². The standard InChI is InChI=1S/C22H23N3O2S/c1-26-19-10-5-11-20(15-19)27-21-13-12-18(16-24-21)25-22(28)23-14-6-9-17-7-3-2-4-8-17/h2-5,7-8,10-13,15-16H,6,9,14H2,1H3,(H2,23,25,28).